The van der Waals surface area contributed by atoms with E-state index >= 15 is 0 Å². The minimum atomic E-state index is 0.281. The van der Waals surface area contributed by atoms with E-state index in [-0.39, 0.29) is 5.41 Å². The van der Waals surface area contributed by atoms with Crippen LogP contribution in [0.3, 0.4) is 0 Å². The van der Waals surface area contributed by atoms with E-state index in [0.717, 1.165) is 24.2 Å². The Balaban J connectivity index is 2.04. The fraction of sp³-hybridized carbons (Fsp3) is 0.412. The van der Waals surface area contributed by atoms with Gasteiger partial charge in [0.25, 0.3) is 0 Å². The third-order valence-electron chi connectivity index (χ3n) is 4.06. The van der Waals surface area contributed by atoms with E-state index in [9.17, 15) is 0 Å². The molecule has 104 valence electrons. The summed E-state index contributed by atoms with van der Waals surface area (Å²) in [4.78, 5) is 9.38. The van der Waals surface area contributed by atoms with Gasteiger partial charge in [0.1, 0.15) is 0 Å². The van der Waals surface area contributed by atoms with Crippen molar-refractivity contribution in [3.05, 3.63) is 47.8 Å². The first kappa shape index (κ1) is 13.3. The highest BCUT2D eigenvalue weighted by molar-refractivity contribution is 5.55. The van der Waals surface area contributed by atoms with Gasteiger partial charge >= 0.3 is 0 Å². The molecule has 0 fully saturated rings. The maximum absolute atomic E-state index is 4.83. The number of hydrogen-bond donors (Lipinski definition) is 1. The van der Waals surface area contributed by atoms with Crippen LogP contribution in [0.4, 0.5) is 0 Å². The van der Waals surface area contributed by atoms with Crippen molar-refractivity contribution in [2.75, 3.05) is 7.05 Å². The monoisotopic (exact) mass is 267 g/mol. The minimum Gasteiger partial charge on any atom is -0.313 e. The second-order valence-corrected chi connectivity index (χ2v) is 6.35. The molecule has 3 rings (SSSR count). The number of rotatable bonds is 2. The Hall–Kier alpha value is -1.74. The number of aromatic nitrogens is 2. The molecule has 0 radical (unpaired) electrons. The van der Waals surface area contributed by atoms with Crippen LogP contribution in [-0.4, -0.2) is 17.0 Å². The van der Waals surface area contributed by atoms with E-state index < -0.39 is 0 Å². The van der Waals surface area contributed by atoms with Crippen LogP contribution in [-0.2, 0) is 6.42 Å². The highest BCUT2D eigenvalue weighted by atomic mass is 14.9. The topological polar surface area (TPSA) is 37.8 Å². The van der Waals surface area contributed by atoms with Crippen molar-refractivity contribution in [2.45, 2.75) is 32.7 Å². The Morgan fingerprint density at radius 2 is 1.95 bits per heavy atom. The fourth-order valence-corrected chi connectivity index (χ4v) is 3.03. The Morgan fingerprint density at radius 1 is 1.20 bits per heavy atom. The number of fused-ring (bicyclic) bond motifs is 1. The zero-order chi connectivity index (χ0) is 14.2. The van der Waals surface area contributed by atoms with Crippen LogP contribution >= 0.6 is 0 Å². The molecule has 20 heavy (non-hydrogen) atoms. The quantitative estimate of drug-likeness (QED) is 0.906. The first-order chi connectivity index (χ1) is 9.59. The second-order valence-electron chi connectivity index (χ2n) is 6.35. The predicted molar refractivity (Wildman–Crippen MR) is 81.4 cm³/mol. The molecule has 1 atom stereocenters. The maximum Gasteiger partial charge on any atom is 0.159 e. The zero-order valence-electron chi connectivity index (χ0n) is 12.4. The van der Waals surface area contributed by atoms with Crippen molar-refractivity contribution in [1.82, 2.24) is 15.3 Å². The summed E-state index contributed by atoms with van der Waals surface area (Å²) in [6.45, 7) is 4.62. The van der Waals surface area contributed by atoms with Crippen molar-refractivity contribution < 1.29 is 0 Å². The molecule has 1 aliphatic rings. The molecule has 1 unspecified atom stereocenters. The summed E-state index contributed by atoms with van der Waals surface area (Å²) in [6.07, 6.45) is 4.15. The molecule has 0 saturated heterocycles. The van der Waals surface area contributed by atoms with Crippen LogP contribution in [0, 0.1) is 5.41 Å². The molecule has 0 spiro atoms. The van der Waals surface area contributed by atoms with Gasteiger partial charge in [0.2, 0.25) is 0 Å². The van der Waals surface area contributed by atoms with E-state index in [1.54, 1.807) is 0 Å². The lowest BCUT2D eigenvalue weighted by Crippen LogP contribution is -2.32. The fourth-order valence-electron chi connectivity index (χ4n) is 3.03. The molecule has 1 heterocycles. The van der Waals surface area contributed by atoms with Crippen molar-refractivity contribution >= 4 is 0 Å². The Morgan fingerprint density at radius 3 is 2.65 bits per heavy atom. The molecule has 1 N–H and O–H groups in total. The largest absolute Gasteiger partial charge is 0.313 e. The Bertz CT molecular complexity index is 605. The van der Waals surface area contributed by atoms with Gasteiger partial charge in [-0.2, -0.15) is 0 Å². The van der Waals surface area contributed by atoms with Crippen molar-refractivity contribution in [1.29, 1.82) is 0 Å². The SMILES string of the molecule is CNC1CC(C)(C)Cc2nc(-c3ccccc3)ncc21. The van der Waals surface area contributed by atoms with Crippen LogP contribution in [0.1, 0.15) is 37.6 Å². The van der Waals surface area contributed by atoms with Gasteiger partial charge in [0, 0.05) is 29.1 Å². The lowest BCUT2D eigenvalue weighted by molar-refractivity contribution is 0.260. The van der Waals surface area contributed by atoms with Crippen molar-refractivity contribution in [2.24, 2.45) is 5.41 Å². The molecule has 1 aliphatic carbocycles. The molecule has 0 aliphatic heterocycles. The number of benzene rings is 1. The van der Waals surface area contributed by atoms with Gasteiger partial charge in [-0.15, -0.1) is 0 Å². The summed E-state index contributed by atoms with van der Waals surface area (Å²) in [7, 11) is 2.01. The normalized spacial score (nSPS) is 20.4. The van der Waals surface area contributed by atoms with Crippen LogP contribution in [0.2, 0.25) is 0 Å². The molecule has 0 amide bonds. The lowest BCUT2D eigenvalue weighted by atomic mass is 9.74. The molecule has 0 saturated carbocycles. The highest BCUT2D eigenvalue weighted by Gasteiger charge is 2.32. The maximum atomic E-state index is 4.83. The van der Waals surface area contributed by atoms with Gasteiger partial charge in [0.05, 0.1) is 0 Å². The summed E-state index contributed by atoms with van der Waals surface area (Å²) in [5, 5.41) is 3.39. The van der Waals surface area contributed by atoms with Gasteiger partial charge < -0.3 is 5.32 Å². The van der Waals surface area contributed by atoms with E-state index in [2.05, 4.69) is 36.3 Å². The molecular formula is C17H21N3. The molecule has 1 aromatic carbocycles. The Kier molecular flexibility index (Phi) is 3.30. The third kappa shape index (κ3) is 2.46. The van der Waals surface area contributed by atoms with Gasteiger partial charge in [-0.25, -0.2) is 9.97 Å². The summed E-state index contributed by atoms with van der Waals surface area (Å²) in [5.74, 6) is 0.830. The van der Waals surface area contributed by atoms with Crippen molar-refractivity contribution in [3.8, 4) is 11.4 Å². The highest BCUT2D eigenvalue weighted by Crippen LogP contribution is 2.39. The lowest BCUT2D eigenvalue weighted by Gasteiger charge is -2.36. The number of nitrogens with zero attached hydrogens (tertiary/aromatic N) is 2. The zero-order valence-corrected chi connectivity index (χ0v) is 12.4. The van der Waals surface area contributed by atoms with Crippen LogP contribution in [0.25, 0.3) is 11.4 Å². The average molecular weight is 267 g/mol. The molecule has 1 aromatic heterocycles. The summed E-state index contributed by atoms with van der Waals surface area (Å²) in [5.41, 5.74) is 3.81. The van der Waals surface area contributed by atoms with Gasteiger partial charge in [0.15, 0.2) is 5.82 Å². The van der Waals surface area contributed by atoms with Crippen LogP contribution < -0.4 is 5.32 Å². The molecule has 3 nitrogen and oxygen atoms in total. The second kappa shape index (κ2) is 4.98. The Labute approximate surface area is 120 Å². The molecule has 0 bridgehead atoms. The third-order valence-corrected chi connectivity index (χ3v) is 4.06. The summed E-state index contributed by atoms with van der Waals surface area (Å²) < 4.78 is 0. The first-order valence-electron chi connectivity index (χ1n) is 7.17. The van der Waals surface area contributed by atoms with E-state index in [1.807, 2.05) is 31.4 Å². The van der Waals surface area contributed by atoms with E-state index in [0.29, 0.717) is 6.04 Å². The van der Waals surface area contributed by atoms with E-state index in [1.165, 1.54) is 11.3 Å². The smallest absolute Gasteiger partial charge is 0.159 e. The van der Waals surface area contributed by atoms with Crippen molar-refractivity contribution in [3.63, 3.8) is 0 Å². The average Bonchev–Trinajstić information content (AvgIpc) is 2.45. The van der Waals surface area contributed by atoms with Gasteiger partial charge in [-0.05, 0) is 25.3 Å². The summed E-state index contributed by atoms with van der Waals surface area (Å²) in [6, 6.07) is 10.5. The standard InChI is InChI=1S/C17H21N3/c1-17(2)9-14(18-3)13-11-19-16(20-15(13)10-17)12-7-5-4-6-8-12/h4-8,11,14,18H,9-10H2,1-3H3. The summed E-state index contributed by atoms with van der Waals surface area (Å²) >= 11 is 0. The first-order valence-corrected chi connectivity index (χ1v) is 7.17. The molecule has 2 aromatic rings. The number of nitrogens with one attached hydrogen (secondary N) is 1. The molecular weight excluding hydrogens is 246 g/mol. The molecule has 3 heteroatoms. The minimum absolute atomic E-state index is 0.281. The number of hydrogen-bond acceptors (Lipinski definition) is 3. The van der Waals surface area contributed by atoms with Gasteiger partial charge in [-0.3, -0.25) is 0 Å². The van der Waals surface area contributed by atoms with Crippen LogP contribution in [0.5, 0.6) is 0 Å². The van der Waals surface area contributed by atoms with Gasteiger partial charge in [-0.1, -0.05) is 44.2 Å². The predicted octanol–water partition coefficient (Wildman–Crippen LogP) is 3.38. The van der Waals surface area contributed by atoms with Crippen LogP contribution in [0.15, 0.2) is 36.5 Å². The van der Waals surface area contributed by atoms with E-state index in [4.69, 9.17) is 4.98 Å².